The molecule has 3 saturated heterocycles. The predicted molar refractivity (Wildman–Crippen MR) is 133 cm³/mol. The largest absolute Gasteiger partial charge is 0.364 e. The van der Waals surface area contributed by atoms with E-state index < -0.39 is 17.5 Å². The molecule has 36 heavy (non-hydrogen) atoms. The van der Waals surface area contributed by atoms with Gasteiger partial charge >= 0.3 is 0 Å². The Bertz CT molecular complexity index is 987. The highest BCUT2D eigenvalue weighted by atomic mass is 19.1. The number of piperazine rings is 1. The molecule has 5 aliphatic rings. The number of nitrogens with one attached hydrogen (secondary N) is 3. The summed E-state index contributed by atoms with van der Waals surface area (Å²) >= 11 is 0. The Morgan fingerprint density at radius 2 is 1.78 bits per heavy atom. The fraction of sp³-hybridized carbons (Fsp3) is 0.704. The quantitative estimate of drug-likeness (QED) is 0.577. The summed E-state index contributed by atoms with van der Waals surface area (Å²) in [5.74, 6) is -0.353. The van der Waals surface area contributed by atoms with Gasteiger partial charge in [-0.1, -0.05) is 0 Å². The molecule has 2 amide bonds. The zero-order valence-corrected chi connectivity index (χ0v) is 20.8. The number of piperidine rings is 2. The highest BCUT2D eigenvalue weighted by Crippen LogP contribution is 2.39. The summed E-state index contributed by atoms with van der Waals surface area (Å²) in [6.07, 6.45) is 7.24. The third-order valence-electron chi connectivity index (χ3n) is 9.04. The van der Waals surface area contributed by atoms with Crippen LogP contribution in [0.15, 0.2) is 12.1 Å². The number of halogens is 2. The standard InChI is InChI=1S/C27H37F2N5O2/c28-21-13-17(26(35)31-18-4-5-18)14-22(29)25(21)34-10-8-33(9-11-34)15-16-3-6-19-23(12-16)32-27(36)20-2-1-7-30-24(19)20/h13-14,16,18-20,23-24,30H,1-12,15H2,(H,31,35)(H,32,36). The molecular weight excluding hydrogens is 464 g/mol. The highest BCUT2D eigenvalue weighted by Gasteiger charge is 2.47. The molecule has 196 valence electrons. The number of fused-ring (bicyclic) bond motifs is 3. The van der Waals surface area contributed by atoms with Crippen LogP contribution in [0.1, 0.15) is 55.3 Å². The first-order valence-electron chi connectivity index (χ1n) is 13.8. The van der Waals surface area contributed by atoms with Gasteiger partial charge in [-0.3, -0.25) is 14.5 Å². The van der Waals surface area contributed by atoms with Gasteiger partial charge in [-0.05, 0) is 75.5 Å². The number of hydrogen-bond acceptors (Lipinski definition) is 5. The van der Waals surface area contributed by atoms with Gasteiger partial charge in [0.05, 0.1) is 5.92 Å². The lowest BCUT2D eigenvalue weighted by Gasteiger charge is -2.50. The molecule has 0 radical (unpaired) electrons. The number of benzene rings is 1. The highest BCUT2D eigenvalue weighted by molar-refractivity contribution is 5.95. The number of amides is 2. The summed E-state index contributed by atoms with van der Waals surface area (Å²) in [4.78, 5) is 29.0. The summed E-state index contributed by atoms with van der Waals surface area (Å²) in [7, 11) is 0. The third-order valence-corrected chi connectivity index (χ3v) is 9.04. The number of anilines is 1. The molecule has 9 heteroatoms. The molecule has 7 nitrogen and oxygen atoms in total. The Kier molecular flexibility index (Phi) is 6.62. The van der Waals surface area contributed by atoms with Gasteiger partial charge < -0.3 is 20.9 Å². The van der Waals surface area contributed by atoms with Crippen molar-refractivity contribution in [1.82, 2.24) is 20.9 Å². The first kappa shape index (κ1) is 24.1. The van der Waals surface area contributed by atoms with E-state index in [1.165, 1.54) is 0 Å². The smallest absolute Gasteiger partial charge is 0.251 e. The molecule has 5 unspecified atom stereocenters. The molecule has 5 atom stereocenters. The van der Waals surface area contributed by atoms with Crippen LogP contribution in [0.5, 0.6) is 0 Å². The van der Waals surface area contributed by atoms with Crippen molar-refractivity contribution in [2.45, 2.75) is 63.1 Å². The second kappa shape index (κ2) is 9.89. The number of carbonyl (C=O) groups is 2. The van der Waals surface area contributed by atoms with Crippen molar-refractivity contribution in [2.24, 2.45) is 17.8 Å². The molecule has 1 aromatic carbocycles. The minimum Gasteiger partial charge on any atom is -0.364 e. The molecule has 6 rings (SSSR count). The summed E-state index contributed by atoms with van der Waals surface area (Å²) in [5.41, 5.74) is 0.0111. The van der Waals surface area contributed by atoms with Gasteiger partial charge in [-0.2, -0.15) is 0 Å². The molecule has 1 aromatic rings. The van der Waals surface area contributed by atoms with Crippen molar-refractivity contribution in [3.63, 3.8) is 0 Å². The van der Waals surface area contributed by atoms with E-state index in [0.717, 1.165) is 83.3 Å². The number of nitrogens with zero attached hydrogens (tertiary/aromatic N) is 2. The average Bonchev–Trinajstić information content (AvgIpc) is 3.69. The van der Waals surface area contributed by atoms with Crippen LogP contribution in [-0.2, 0) is 4.79 Å². The molecule has 3 N–H and O–H groups in total. The SMILES string of the molecule is O=C(NC1CC1)c1cc(F)c(N2CCN(CC3CCC4C(C3)NC(=O)C3CCCNC34)CC2)c(F)c1. The molecule has 3 heterocycles. The van der Waals surface area contributed by atoms with Gasteiger partial charge in [-0.15, -0.1) is 0 Å². The first-order valence-corrected chi connectivity index (χ1v) is 13.8. The Hall–Kier alpha value is -2.26. The van der Waals surface area contributed by atoms with E-state index >= 15 is 0 Å². The van der Waals surface area contributed by atoms with Crippen molar-refractivity contribution in [3.05, 3.63) is 29.3 Å². The van der Waals surface area contributed by atoms with E-state index in [1.54, 1.807) is 4.90 Å². The van der Waals surface area contributed by atoms with E-state index in [1.807, 2.05) is 0 Å². The van der Waals surface area contributed by atoms with E-state index in [-0.39, 0.29) is 35.2 Å². The van der Waals surface area contributed by atoms with Crippen molar-refractivity contribution in [2.75, 3.05) is 44.2 Å². The summed E-state index contributed by atoms with van der Waals surface area (Å²) in [6, 6.07) is 3.04. The molecule has 2 saturated carbocycles. The van der Waals surface area contributed by atoms with Gasteiger partial charge in [0.2, 0.25) is 5.91 Å². The lowest BCUT2D eigenvalue weighted by Crippen LogP contribution is -2.64. The van der Waals surface area contributed by atoms with Crippen LogP contribution in [0.25, 0.3) is 0 Å². The fourth-order valence-corrected chi connectivity index (χ4v) is 7.00. The van der Waals surface area contributed by atoms with Crippen LogP contribution in [0.2, 0.25) is 0 Å². The van der Waals surface area contributed by atoms with Crippen LogP contribution in [0.3, 0.4) is 0 Å². The van der Waals surface area contributed by atoms with Gasteiger partial charge in [0.1, 0.15) is 17.3 Å². The van der Waals surface area contributed by atoms with Gasteiger partial charge in [-0.25, -0.2) is 8.78 Å². The van der Waals surface area contributed by atoms with E-state index in [9.17, 15) is 18.4 Å². The first-order chi connectivity index (χ1) is 17.5. The summed E-state index contributed by atoms with van der Waals surface area (Å²) in [5, 5.41) is 9.75. The van der Waals surface area contributed by atoms with Gasteiger partial charge in [0.15, 0.2) is 0 Å². The van der Waals surface area contributed by atoms with Crippen molar-refractivity contribution in [3.8, 4) is 0 Å². The third kappa shape index (κ3) is 4.84. The maximum Gasteiger partial charge on any atom is 0.251 e. The summed E-state index contributed by atoms with van der Waals surface area (Å²) < 4.78 is 29.7. The Labute approximate surface area is 211 Å². The second-order valence-corrected chi connectivity index (χ2v) is 11.5. The maximum atomic E-state index is 14.9. The molecule has 3 aliphatic heterocycles. The van der Waals surface area contributed by atoms with E-state index in [0.29, 0.717) is 31.0 Å². The number of hydrogen-bond donors (Lipinski definition) is 3. The zero-order valence-electron chi connectivity index (χ0n) is 20.8. The average molecular weight is 502 g/mol. The topological polar surface area (TPSA) is 76.7 Å². The Morgan fingerprint density at radius 1 is 1.03 bits per heavy atom. The molecule has 0 aromatic heterocycles. The second-order valence-electron chi connectivity index (χ2n) is 11.5. The fourth-order valence-electron chi connectivity index (χ4n) is 7.00. The molecule has 0 bridgehead atoms. The molecular formula is C27H37F2N5O2. The molecule has 0 spiro atoms. The monoisotopic (exact) mass is 501 g/mol. The minimum atomic E-state index is -0.676. The predicted octanol–water partition coefficient (Wildman–Crippen LogP) is 2.26. The van der Waals surface area contributed by atoms with Crippen LogP contribution < -0.4 is 20.9 Å². The Balaban J connectivity index is 1.02. The van der Waals surface area contributed by atoms with E-state index in [2.05, 4.69) is 20.9 Å². The van der Waals surface area contributed by atoms with Crippen LogP contribution >= 0.6 is 0 Å². The normalized spacial score (nSPS) is 32.9. The van der Waals surface area contributed by atoms with Crippen molar-refractivity contribution in [1.29, 1.82) is 0 Å². The lowest BCUT2D eigenvalue weighted by molar-refractivity contribution is -0.133. The molecule has 5 fully saturated rings. The Morgan fingerprint density at radius 3 is 2.50 bits per heavy atom. The van der Waals surface area contributed by atoms with Crippen LogP contribution in [0.4, 0.5) is 14.5 Å². The number of carbonyl (C=O) groups excluding carboxylic acids is 2. The minimum absolute atomic E-state index is 0.0300. The van der Waals surface area contributed by atoms with Crippen molar-refractivity contribution >= 4 is 17.5 Å². The lowest BCUT2D eigenvalue weighted by atomic mass is 9.67. The molecule has 2 aliphatic carbocycles. The van der Waals surface area contributed by atoms with Crippen LogP contribution in [-0.4, -0.2) is 74.1 Å². The van der Waals surface area contributed by atoms with Gasteiger partial charge in [0, 0.05) is 56.4 Å². The summed E-state index contributed by atoms with van der Waals surface area (Å²) in [6.45, 7) is 4.55. The maximum absolute atomic E-state index is 14.9. The number of rotatable bonds is 5. The van der Waals surface area contributed by atoms with Crippen LogP contribution in [0, 0.1) is 29.4 Å². The van der Waals surface area contributed by atoms with Crippen molar-refractivity contribution < 1.29 is 18.4 Å². The van der Waals surface area contributed by atoms with E-state index in [4.69, 9.17) is 0 Å². The zero-order chi connectivity index (χ0) is 24.8. The van der Waals surface area contributed by atoms with Gasteiger partial charge in [0.25, 0.3) is 5.91 Å².